The molecular formula is C19H17FN2O5. The zero-order valence-corrected chi connectivity index (χ0v) is 14.3. The van der Waals surface area contributed by atoms with E-state index in [1.165, 1.54) is 17.0 Å². The Morgan fingerprint density at radius 3 is 2.74 bits per heavy atom. The lowest BCUT2D eigenvalue weighted by Gasteiger charge is -2.38. The molecule has 140 valence electrons. The largest absolute Gasteiger partial charge is 0.481 e. The summed E-state index contributed by atoms with van der Waals surface area (Å²) < 4.78 is 29.2. The average molecular weight is 372 g/mol. The number of anilines is 1. The van der Waals surface area contributed by atoms with Crippen LogP contribution in [0.5, 0.6) is 17.2 Å². The first kappa shape index (κ1) is 17.1. The van der Waals surface area contributed by atoms with Crippen molar-refractivity contribution in [2.24, 2.45) is 5.92 Å². The van der Waals surface area contributed by atoms with Gasteiger partial charge in [-0.15, -0.1) is 0 Å². The number of ether oxygens (including phenoxy) is 3. The fraction of sp³-hybridized carbons (Fsp3) is 0.263. The van der Waals surface area contributed by atoms with Crippen molar-refractivity contribution < 1.29 is 28.2 Å². The van der Waals surface area contributed by atoms with Gasteiger partial charge in [-0.2, -0.15) is 0 Å². The summed E-state index contributed by atoms with van der Waals surface area (Å²) >= 11 is 0. The van der Waals surface area contributed by atoms with Gasteiger partial charge in [0.2, 0.25) is 12.7 Å². The van der Waals surface area contributed by atoms with E-state index < -0.39 is 5.82 Å². The molecule has 7 nitrogen and oxygen atoms in total. The first-order valence-corrected chi connectivity index (χ1v) is 8.46. The number of halogens is 1. The molecule has 8 heteroatoms. The molecule has 0 radical (unpaired) electrons. The maximum absolute atomic E-state index is 13.5. The molecule has 1 saturated heterocycles. The van der Waals surface area contributed by atoms with Crippen LogP contribution in [0.1, 0.15) is 0 Å². The van der Waals surface area contributed by atoms with Gasteiger partial charge < -0.3 is 24.4 Å². The van der Waals surface area contributed by atoms with Gasteiger partial charge in [0.1, 0.15) is 0 Å². The smallest absolute Gasteiger partial charge is 0.260 e. The summed E-state index contributed by atoms with van der Waals surface area (Å²) in [5.41, 5.74) is 0.608. The van der Waals surface area contributed by atoms with Crippen LogP contribution in [-0.2, 0) is 9.59 Å². The third-order valence-corrected chi connectivity index (χ3v) is 4.43. The molecule has 1 N–H and O–H groups in total. The topological polar surface area (TPSA) is 77.1 Å². The Morgan fingerprint density at radius 2 is 1.93 bits per heavy atom. The molecule has 2 aromatic carbocycles. The molecule has 0 aromatic heterocycles. The highest BCUT2D eigenvalue weighted by Gasteiger charge is 2.36. The van der Waals surface area contributed by atoms with Gasteiger partial charge in [0.15, 0.2) is 29.7 Å². The molecular weight excluding hydrogens is 355 g/mol. The maximum Gasteiger partial charge on any atom is 0.260 e. The number of fused-ring (bicyclic) bond motifs is 1. The second-order valence-corrected chi connectivity index (χ2v) is 6.27. The maximum atomic E-state index is 13.5. The number of carbonyl (C=O) groups excluding carboxylic acids is 2. The zero-order valence-electron chi connectivity index (χ0n) is 14.3. The quantitative estimate of drug-likeness (QED) is 0.869. The Labute approximate surface area is 154 Å². The second kappa shape index (κ2) is 7.14. The Balaban J connectivity index is 1.24. The van der Waals surface area contributed by atoms with E-state index in [0.29, 0.717) is 30.3 Å². The molecule has 1 fully saturated rings. The molecule has 2 aliphatic rings. The molecule has 0 atom stereocenters. The van der Waals surface area contributed by atoms with E-state index in [1.54, 1.807) is 30.3 Å². The van der Waals surface area contributed by atoms with Crippen LogP contribution >= 0.6 is 0 Å². The number of hydrogen-bond donors (Lipinski definition) is 1. The van der Waals surface area contributed by atoms with Crippen LogP contribution in [0.25, 0.3) is 0 Å². The zero-order chi connectivity index (χ0) is 18.8. The van der Waals surface area contributed by atoms with Crippen LogP contribution in [0.15, 0.2) is 42.5 Å². The second-order valence-electron chi connectivity index (χ2n) is 6.27. The predicted molar refractivity (Wildman–Crippen MR) is 93.2 cm³/mol. The van der Waals surface area contributed by atoms with Crippen LogP contribution in [0.3, 0.4) is 0 Å². The first-order valence-electron chi connectivity index (χ1n) is 8.46. The highest BCUT2D eigenvalue weighted by Crippen LogP contribution is 2.34. The minimum atomic E-state index is -0.519. The number of nitrogens with zero attached hydrogens (tertiary/aromatic N) is 1. The Bertz CT molecular complexity index is 882. The van der Waals surface area contributed by atoms with Crippen molar-refractivity contribution in [3.8, 4) is 17.2 Å². The van der Waals surface area contributed by atoms with Gasteiger partial charge in [-0.25, -0.2) is 4.39 Å². The molecule has 0 aliphatic carbocycles. The summed E-state index contributed by atoms with van der Waals surface area (Å²) in [5.74, 6) is -0.0173. The fourth-order valence-electron chi connectivity index (χ4n) is 2.86. The van der Waals surface area contributed by atoms with Gasteiger partial charge in [-0.1, -0.05) is 12.1 Å². The van der Waals surface area contributed by atoms with Crippen LogP contribution < -0.4 is 19.5 Å². The van der Waals surface area contributed by atoms with E-state index in [-0.39, 0.29) is 36.9 Å². The Hall–Kier alpha value is -3.29. The molecule has 0 bridgehead atoms. The minimum Gasteiger partial charge on any atom is -0.481 e. The van der Waals surface area contributed by atoms with Crippen LogP contribution in [0.4, 0.5) is 10.1 Å². The molecule has 2 amide bonds. The number of carbonyl (C=O) groups is 2. The van der Waals surface area contributed by atoms with Crippen molar-refractivity contribution in [3.63, 3.8) is 0 Å². The minimum absolute atomic E-state index is 0.0310. The summed E-state index contributed by atoms with van der Waals surface area (Å²) in [6.07, 6.45) is 0. The van der Waals surface area contributed by atoms with Gasteiger partial charge in [-0.3, -0.25) is 9.59 Å². The molecule has 27 heavy (non-hydrogen) atoms. The molecule has 2 aromatic rings. The fourth-order valence-corrected chi connectivity index (χ4v) is 2.86. The Kier molecular flexibility index (Phi) is 4.53. The summed E-state index contributed by atoms with van der Waals surface area (Å²) in [5, 5.41) is 2.81. The summed E-state index contributed by atoms with van der Waals surface area (Å²) in [7, 11) is 0. The molecule has 4 rings (SSSR count). The van der Waals surface area contributed by atoms with Crippen LogP contribution in [-0.4, -0.2) is 43.2 Å². The number of para-hydroxylation sites is 1. The average Bonchev–Trinajstić information content (AvgIpc) is 3.07. The van der Waals surface area contributed by atoms with Crippen molar-refractivity contribution in [2.45, 2.75) is 0 Å². The molecule has 2 heterocycles. The lowest BCUT2D eigenvalue weighted by Crippen LogP contribution is -2.55. The van der Waals surface area contributed by atoms with Crippen molar-refractivity contribution in [1.82, 2.24) is 4.90 Å². The van der Waals surface area contributed by atoms with Gasteiger partial charge in [0, 0.05) is 24.8 Å². The van der Waals surface area contributed by atoms with E-state index >= 15 is 0 Å². The van der Waals surface area contributed by atoms with Crippen molar-refractivity contribution in [2.75, 3.05) is 31.8 Å². The standard InChI is InChI=1S/C19H17FN2O5/c20-14-3-1-2-4-15(14)25-10-18(23)22-8-12(9-22)19(24)21-13-5-6-16-17(7-13)27-11-26-16/h1-7,12H,8-11H2,(H,21,24). The van der Waals surface area contributed by atoms with Crippen molar-refractivity contribution >= 4 is 17.5 Å². The van der Waals surface area contributed by atoms with Crippen molar-refractivity contribution in [3.05, 3.63) is 48.3 Å². The third-order valence-electron chi connectivity index (χ3n) is 4.43. The van der Waals surface area contributed by atoms with Gasteiger partial charge in [-0.05, 0) is 24.3 Å². The predicted octanol–water partition coefficient (Wildman–Crippen LogP) is 2.03. The first-order chi connectivity index (χ1) is 13.1. The van der Waals surface area contributed by atoms with Crippen molar-refractivity contribution in [1.29, 1.82) is 0 Å². The molecule has 2 aliphatic heterocycles. The number of benzene rings is 2. The van der Waals surface area contributed by atoms with Gasteiger partial charge in [0.05, 0.1) is 5.92 Å². The summed E-state index contributed by atoms with van der Waals surface area (Å²) in [4.78, 5) is 25.9. The Morgan fingerprint density at radius 1 is 1.15 bits per heavy atom. The normalized spacial score (nSPS) is 15.2. The highest BCUT2D eigenvalue weighted by molar-refractivity contribution is 5.95. The van der Waals surface area contributed by atoms with Crippen LogP contribution in [0.2, 0.25) is 0 Å². The molecule has 0 unspecified atom stereocenters. The summed E-state index contributed by atoms with van der Waals surface area (Å²) in [6, 6.07) is 11.1. The monoisotopic (exact) mass is 372 g/mol. The third kappa shape index (κ3) is 3.64. The van der Waals surface area contributed by atoms with E-state index in [9.17, 15) is 14.0 Å². The number of rotatable bonds is 5. The van der Waals surface area contributed by atoms with E-state index in [4.69, 9.17) is 14.2 Å². The molecule has 0 spiro atoms. The highest BCUT2D eigenvalue weighted by atomic mass is 19.1. The van der Waals surface area contributed by atoms with Gasteiger partial charge >= 0.3 is 0 Å². The number of nitrogens with one attached hydrogen (secondary N) is 1. The van der Waals surface area contributed by atoms with Gasteiger partial charge in [0.25, 0.3) is 5.91 Å². The number of hydrogen-bond acceptors (Lipinski definition) is 5. The van der Waals surface area contributed by atoms with E-state index in [1.807, 2.05) is 0 Å². The van der Waals surface area contributed by atoms with E-state index in [0.717, 1.165) is 0 Å². The number of likely N-dealkylation sites (tertiary alicyclic amines) is 1. The SMILES string of the molecule is O=C(Nc1ccc2c(c1)OCO2)C1CN(C(=O)COc2ccccc2F)C1. The number of amides is 2. The lowest BCUT2D eigenvalue weighted by atomic mass is 9.99. The van der Waals surface area contributed by atoms with Crippen LogP contribution in [0, 0.1) is 11.7 Å². The summed E-state index contributed by atoms with van der Waals surface area (Å²) in [6.45, 7) is 0.504. The lowest BCUT2D eigenvalue weighted by molar-refractivity contribution is -0.143. The molecule has 0 saturated carbocycles. The van der Waals surface area contributed by atoms with E-state index in [2.05, 4.69) is 5.32 Å².